The summed E-state index contributed by atoms with van der Waals surface area (Å²) in [5.41, 5.74) is 5.18. The normalized spacial score (nSPS) is 14.8. The van der Waals surface area contributed by atoms with E-state index in [1.807, 2.05) is 30.3 Å². The first-order chi connectivity index (χ1) is 10.3. The monoisotopic (exact) mass is 348 g/mol. The van der Waals surface area contributed by atoms with Crippen LogP contribution in [0.1, 0.15) is 17.2 Å². The Balaban J connectivity index is 1.82. The molecule has 5 heteroatoms. The summed E-state index contributed by atoms with van der Waals surface area (Å²) in [6, 6.07) is 14.2. The number of hydrogen-bond donors (Lipinski definition) is 2. The van der Waals surface area contributed by atoms with Crippen molar-refractivity contribution in [3.63, 3.8) is 0 Å². The molecule has 1 atom stereocenters. The third-order valence-electron chi connectivity index (χ3n) is 3.50. The van der Waals surface area contributed by atoms with Gasteiger partial charge in [0.15, 0.2) is 11.5 Å². The molecule has 0 saturated heterocycles. The van der Waals surface area contributed by atoms with Crippen molar-refractivity contribution in [2.45, 2.75) is 12.5 Å². The van der Waals surface area contributed by atoms with E-state index in [4.69, 9.17) is 15.3 Å². The van der Waals surface area contributed by atoms with E-state index in [9.17, 15) is 0 Å². The third kappa shape index (κ3) is 3.37. The minimum absolute atomic E-state index is 0.0233. The molecule has 4 nitrogen and oxygen atoms in total. The number of nitrogens with one attached hydrogen (secondary N) is 1. The van der Waals surface area contributed by atoms with Crippen LogP contribution >= 0.6 is 15.9 Å². The molecule has 0 aromatic heterocycles. The molecule has 0 radical (unpaired) electrons. The van der Waals surface area contributed by atoms with Crippen LogP contribution in [-0.4, -0.2) is 13.2 Å². The summed E-state index contributed by atoms with van der Waals surface area (Å²) < 4.78 is 12.2. The van der Waals surface area contributed by atoms with Gasteiger partial charge in [-0.05, 0) is 41.8 Å². The van der Waals surface area contributed by atoms with E-state index in [1.54, 1.807) is 0 Å². The summed E-state index contributed by atoms with van der Waals surface area (Å²) in [6.07, 6.45) is 0.801. The smallest absolute Gasteiger partial charge is 0.161 e. The largest absolute Gasteiger partial charge is 0.486 e. The number of hydrogen-bond acceptors (Lipinski definition) is 4. The highest BCUT2D eigenvalue weighted by atomic mass is 79.9. The van der Waals surface area contributed by atoms with Gasteiger partial charge in [0.25, 0.3) is 0 Å². The van der Waals surface area contributed by atoms with Crippen molar-refractivity contribution in [1.82, 2.24) is 5.43 Å². The zero-order chi connectivity index (χ0) is 14.7. The predicted octanol–water partition coefficient (Wildman–Crippen LogP) is 2.97. The second-order valence-electron chi connectivity index (χ2n) is 4.96. The number of benzene rings is 2. The maximum Gasteiger partial charge on any atom is 0.161 e. The number of ether oxygens (including phenoxy) is 2. The Bertz CT molecular complexity index is 633. The van der Waals surface area contributed by atoms with Crippen LogP contribution in [-0.2, 0) is 6.42 Å². The molecule has 0 aliphatic carbocycles. The minimum Gasteiger partial charge on any atom is -0.486 e. The van der Waals surface area contributed by atoms with Crippen molar-refractivity contribution in [3.05, 3.63) is 58.1 Å². The van der Waals surface area contributed by atoms with Gasteiger partial charge < -0.3 is 9.47 Å². The van der Waals surface area contributed by atoms with Crippen LogP contribution in [0.4, 0.5) is 0 Å². The molecule has 0 amide bonds. The van der Waals surface area contributed by atoms with Gasteiger partial charge >= 0.3 is 0 Å². The van der Waals surface area contributed by atoms with Gasteiger partial charge in [0, 0.05) is 4.47 Å². The molecule has 0 saturated carbocycles. The van der Waals surface area contributed by atoms with Crippen LogP contribution < -0.4 is 20.7 Å². The molecular formula is C16H17BrN2O2. The SMILES string of the molecule is NNC(Cc1cccc(Br)c1)c1ccc2c(c1)OCCO2. The molecule has 21 heavy (non-hydrogen) atoms. The lowest BCUT2D eigenvalue weighted by Gasteiger charge is -2.22. The third-order valence-corrected chi connectivity index (χ3v) is 3.99. The summed E-state index contributed by atoms with van der Waals surface area (Å²) in [5.74, 6) is 7.31. The van der Waals surface area contributed by atoms with Crippen molar-refractivity contribution >= 4 is 15.9 Å². The van der Waals surface area contributed by atoms with Crippen molar-refractivity contribution in [3.8, 4) is 11.5 Å². The zero-order valence-corrected chi connectivity index (χ0v) is 13.1. The Morgan fingerprint density at radius 1 is 1.10 bits per heavy atom. The highest BCUT2D eigenvalue weighted by molar-refractivity contribution is 9.10. The molecule has 0 spiro atoms. The number of halogens is 1. The van der Waals surface area contributed by atoms with Crippen molar-refractivity contribution in [2.75, 3.05) is 13.2 Å². The van der Waals surface area contributed by atoms with E-state index in [1.165, 1.54) is 5.56 Å². The first kappa shape index (κ1) is 14.4. The number of fused-ring (bicyclic) bond motifs is 1. The lowest BCUT2D eigenvalue weighted by Crippen LogP contribution is -2.29. The van der Waals surface area contributed by atoms with E-state index in [0.717, 1.165) is 28.0 Å². The zero-order valence-electron chi connectivity index (χ0n) is 11.5. The van der Waals surface area contributed by atoms with E-state index >= 15 is 0 Å². The highest BCUT2D eigenvalue weighted by Gasteiger charge is 2.16. The van der Waals surface area contributed by atoms with Crippen molar-refractivity contribution in [2.24, 2.45) is 5.84 Å². The lowest BCUT2D eigenvalue weighted by atomic mass is 9.99. The Morgan fingerprint density at radius 2 is 1.90 bits per heavy atom. The molecule has 0 fully saturated rings. The number of hydrazine groups is 1. The Kier molecular flexibility index (Phi) is 4.43. The topological polar surface area (TPSA) is 56.5 Å². The Morgan fingerprint density at radius 3 is 2.67 bits per heavy atom. The molecule has 0 bridgehead atoms. The summed E-state index contributed by atoms with van der Waals surface area (Å²) in [4.78, 5) is 0. The molecule has 1 aliphatic rings. The van der Waals surface area contributed by atoms with Crippen LogP contribution in [0.2, 0.25) is 0 Å². The minimum atomic E-state index is 0.0233. The Hall–Kier alpha value is -1.56. The quantitative estimate of drug-likeness (QED) is 0.658. The van der Waals surface area contributed by atoms with Gasteiger partial charge in [0.1, 0.15) is 13.2 Å². The van der Waals surface area contributed by atoms with E-state index < -0.39 is 0 Å². The Labute approximate surface area is 132 Å². The van der Waals surface area contributed by atoms with Gasteiger partial charge in [-0.1, -0.05) is 34.1 Å². The molecule has 1 aliphatic heterocycles. The molecule has 2 aromatic rings. The average Bonchev–Trinajstić information content (AvgIpc) is 2.52. The first-order valence-electron chi connectivity index (χ1n) is 6.86. The van der Waals surface area contributed by atoms with Gasteiger partial charge in [-0.25, -0.2) is 0 Å². The van der Waals surface area contributed by atoms with E-state index in [-0.39, 0.29) is 6.04 Å². The lowest BCUT2D eigenvalue weighted by molar-refractivity contribution is 0.171. The molecule has 1 heterocycles. The molecule has 2 aromatic carbocycles. The number of nitrogens with two attached hydrogens (primary N) is 1. The maximum atomic E-state index is 5.73. The fraction of sp³-hybridized carbons (Fsp3) is 0.250. The fourth-order valence-corrected chi connectivity index (χ4v) is 2.90. The van der Waals surface area contributed by atoms with Crippen LogP contribution in [0.3, 0.4) is 0 Å². The van der Waals surface area contributed by atoms with E-state index in [0.29, 0.717) is 13.2 Å². The molecule has 3 rings (SSSR count). The van der Waals surface area contributed by atoms with Gasteiger partial charge in [-0.15, -0.1) is 0 Å². The predicted molar refractivity (Wildman–Crippen MR) is 85.3 cm³/mol. The van der Waals surface area contributed by atoms with Crippen LogP contribution in [0.5, 0.6) is 11.5 Å². The molecule has 110 valence electrons. The highest BCUT2D eigenvalue weighted by Crippen LogP contribution is 2.33. The van der Waals surface area contributed by atoms with Gasteiger partial charge in [-0.2, -0.15) is 0 Å². The summed E-state index contributed by atoms with van der Waals surface area (Å²) in [7, 11) is 0. The van der Waals surface area contributed by atoms with Crippen molar-refractivity contribution in [1.29, 1.82) is 0 Å². The van der Waals surface area contributed by atoms with Crippen LogP contribution in [0.15, 0.2) is 46.9 Å². The second-order valence-corrected chi connectivity index (χ2v) is 5.87. The standard InChI is InChI=1S/C16H17BrN2O2/c17-13-3-1-2-11(8-13)9-14(19-18)12-4-5-15-16(10-12)21-7-6-20-15/h1-5,8,10,14,19H,6-7,9,18H2. The number of rotatable bonds is 4. The average molecular weight is 349 g/mol. The van der Waals surface area contributed by atoms with Gasteiger partial charge in [0.05, 0.1) is 6.04 Å². The van der Waals surface area contributed by atoms with Gasteiger partial charge in [-0.3, -0.25) is 11.3 Å². The van der Waals surface area contributed by atoms with Crippen LogP contribution in [0, 0.1) is 0 Å². The second kappa shape index (κ2) is 6.47. The summed E-state index contributed by atoms with van der Waals surface area (Å²) in [5, 5.41) is 0. The van der Waals surface area contributed by atoms with Gasteiger partial charge in [0.2, 0.25) is 0 Å². The maximum absolute atomic E-state index is 5.73. The summed E-state index contributed by atoms with van der Waals surface area (Å²) >= 11 is 3.49. The van der Waals surface area contributed by atoms with E-state index in [2.05, 4.69) is 33.5 Å². The van der Waals surface area contributed by atoms with Crippen molar-refractivity contribution < 1.29 is 9.47 Å². The molecular weight excluding hydrogens is 332 g/mol. The molecule has 3 N–H and O–H groups in total. The summed E-state index contributed by atoms with van der Waals surface area (Å²) in [6.45, 7) is 1.19. The first-order valence-corrected chi connectivity index (χ1v) is 7.65. The van der Waals surface area contributed by atoms with Crippen LogP contribution in [0.25, 0.3) is 0 Å². The molecule has 1 unspecified atom stereocenters. The fourth-order valence-electron chi connectivity index (χ4n) is 2.45.